The lowest BCUT2D eigenvalue weighted by molar-refractivity contribution is -0.147. The molecule has 0 amide bonds. The number of carbonyl (C=O) groups is 4. The fraction of sp³-hybridized carbons (Fsp3) is 0.429. The Balaban J connectivity index is 1.77. The Hall–Kier alpha value is -3.68. The van der Waals surface area contributed by atoms with E-state index in [1.807, 2.05) is 13.8 Å². The molecular formula is C28H34O8. The molecule has 0 saturated heterocycles. The van der Waals surface area contributed by atoms with Crippen molar-refractivity contribution < 1.29 is 38.1 Å². The van der Waals surface area contributed by atoms with Gasteiger partial charge in [0.05, 0.1) is 38.9 Å². The maximum Gasteiger partial charge on any atom is 0.311 e. The topological polar surface area (TPSA) is 105 Å². The molecule has 2 aromatic carbocycles. The van der Waals surface area contributed by atoms with Crippen LogP contribution in [-0.2, 0) is 28.7 Å². The lowest BCUT2D eigenvalue weighted by Gasteiger charge is -2.08. The van der Waals surface area contributed by atoms with Crippen molar-refractivity contribution in [2.24, 2.45) is 0 Å². The summed E-state index contributed by atoms with van der Waals surface area (Å²) in [5.74, 6) is -1.07. The molecule has 0 aromatic heterocycles. The Kier molecular flexibility index (Phi) is 12.8. The van der Waals surface area contributed by atoms with E-state index in [1.54, 1.807) is 48.5 Å². The van der Waals surface area contributed by atoms with Gasteiger partial charge in [0.25, 0.3) is 0 Å². The van der Waals surface area contributed by atoms with Gasteiger partial charge in [0.15, 0.2) is 0 Å². The monoisotopic (exact) mass is 498 g/mol. The molecule has 8 heteroatoms. The Morgan fingerprint density at radius 3 is 1.19 bits per heavy atom. The number of hydrogen-bond acceptors (Lipinski definition) is 8. The van der Waals surface area contributed by atoms with Gasteiger partial charge >= 0.3 is 23.9 Å². The Morgan fingerprint density at radius 2 is 0.861 bits per heavy atom. The largest absolute Gasteiger partial charge is 0.466 e. The molecule has 2 rings (SSSR count). The van der Waals surface area contributed by atoms with Crippen LogP contribution in [0, 0.1) is 0 Å². The number of unbranched alkanes of at least 4 members (excludes halogenated alkanes) is 2. The second-order valence-electron chi connectivity index (χ2n) is 8.14. The molecule has 8 nitrogen and oxygen atoms in total. The van der Waals surface area contributed by atoms with E-state index in [9.17, 15) is 19.2 Å². The SMILES string of the molecule is CCCCOC(=O)CCC(=O)Oc1ccc(-c2ccc(OC(=O)CCC(=O)OCCCC)cc2)cc1. The van der Waals surface area contributed by atoms with Crippen molar-refractivity contribution in [3.8, 4) is 22.6 Å². The highest BCUT2D eigenvalue weighted by molar-refractivity contribution is 5.80. The molecule has 0 aliphatic heterocycles. The number of carbonyl (C=O) groups excluding carboxylic acids is 4. The van der Waals surface area contributed by atoms with Crippen LogP contribution in [-0.4, -0.2) is 37.1 Å². The number of esters is 4. The van der Waals surface area contributed by atoms with Crippen LogP contribution >= 0.6 is 0 Å². The molecule has 0 spiro atoms. The van der Waals surface area contributed by atoms with Crippen molar-refractivity contribution >= 4 is 23.9 Å². The van der Waals surface area contributed by atoms with Crippen molar-refractivity contribution in [3.05, 3.63) is 48.5 Å². The molecule has 0 aliphatic rings. The fourth-order valence-corrected chi connectivity index (χ4v) is 3.01. The fourth-order valence-electron chi connectivity index (χ4n) is 3.01. The van der Waals surface area contributed by atoms with Crippen LogP contribution in [0.15, 0.2) is 48.5 Å². The first kappa shape index (κ1) is 28.6. The predicted octanol–water partition coefficient (Wildman–Crippen LogP) is 5.41. The van der Waals surface area contributed by atoms with E-state index >= 15 is 0 Å². The molecular weight excluding hydrogens is 464 g/mol. The van der Waals surface area contributed by atoms with Gasteiger partial charge in [0.2, 0.25) is 0 Å². The molecule has 0 heterocycles. The maximum absolute atomic E-state index is 12.0. The molecule has 0 N–H and O–H groups in total. The summed E-state index contributed by atoms with van der Waals surface area (Å²) in [6.07, 6.45) is 3.34. The third-order valence-electron chi connectivity index (χ3n) is 5.09. The van der Waals surface area contributed by atoms with Crippen LogP contribution in [0.3, 0.4) is 0 Å². The smallest absolute Gasteiger partial charge is 0.311 e. The van der Waals surface area contributed by atoms with Gasteiger partial charge in [-0.25, -0.2) is 0 Å². The van der Waals surface area contributed by atoms with Crippen LogP contribution in [0.5, 0.6) is 11.5 Å². The minimum Gasteiger partial charge on any atom is -0.466 e. The van der Waals surface area contributed by atoms with Crippen molar-refractivity contribution in [1.29, 1.82) is 0 Å². The quantitative estimate of drug-likeness (QED) is 0.182. The third kappa shape index (κ3) is 11.2. The van der Waals surface area contributed by atoms with E-state index in [-0.39, 0.29) is 25.7 Å². The first-order chi connectivity index (χ1) is 17.4. The van der Waals surface area contributed by atoms with Crippen molar-refractivity contribution in [3.63, 3.8) is 0 Å². The molecule has 0 aliphatic carbocycles. The summed E-state index contributed by atoms with van der Waals surface area (Å²) in [4.78, 5) is 47.1. The van der Waals surface area contributed by atoms with Crippen molar-refractivity contribution in [2.45, 2.75) is 65.2 Å². The molecule has 0 bridgehead atoms. The van der Waals surface area contributed by atoms with Gasteiger partial charge in [0.1, 0.15) is 11.5 Å². The zero-order valence-electron chi connectivity index (χ0n) is 21.0. The lowest BCUT2D eigenvalue weighted by atomic mass is 10.1. The number of benzene rings is 2. The van der Waals surface area contributed by atoms with E-state index in [0.717, 1.165) is 36.8 Å². The molecule has 2 aromatic rings. The van der Waals surface area contributed by atoms with Crippen LogP contribution in [0.25, 0.3) is 11.1 Å². The molecule has 0 atom stereocenters. The van der Waals surface area contributed by atoms with Gasteiger partial charge in [-0.1, -0.05) is 51.0 Å². The van der Waals surface area contributed by atoms with Gasteiger partial charge in [-0.2, -0.15) is 0 Å². The van der Waals surface area contributed by atoms with Crippen LogP contribution < -0.4 is 9.47 Å². The summed E-state index contributed by atoms with van der Waals surface area (Å²) in [5, 5.41) is 0. The number of hydrogen-bond donors (Lipinski definition) is 0. The van der Waals surface area contributed by atoms with Crippen LogP contribution in [0.2, 0.25) is 0 Å². The zero-order chi connectivity index (χ0) is 26.2. The Bertz CT molecular complexity index is 898. The highest BCUT2D eigenvalue weighted by atomic mass is 16.5. The van der Waals surface area contributed by atoms with Crippen molar-refractivity contribution in [1.82, 2.24) is 0 Å². The van der Waals surface area contributed by atoms with Gasteiger partial charge in [-0.3, -0.25) is 19.2 Å². The standard InChI is InChI=1S/C28H34O8/c1-3-5-19-33-25(29)15-17-27(31)35-23-11-7-21(8-12-23)22-9-13-24(14-10-22)36-28(32)18-16-26(30)34-20-6-4-2/h7-14H,3-6,15-20H2,1-2H3. The zero-order valence-corrected chi connectivity index (χ0v) is 21.0. The molecule has 0 radical (unpaired) electrons. The number of ether oxygens (including phenoxy) is 4. The minimum atomic E-state index is -0.504. The first-order valence-corrected chi connectivity index (χ1v) is 12.3. The van der Waals surface area contributed by atoms with E-state index in [2.05, 4.69) is 0 Å². The second kappa shape index (κ2) is 16.1. The summed E-state index contributed by atoms with van der Waals surface area (Å²) >= 11 is 0. The van der Waals surface area contributed by atoms with Crippen LogP contribution in [0.4, 0.5) is 0 Å². The summed E-state index contributed by atoms with van der Waals surface area (Å²) in [5.41, 5.74) is 1.75. The summed E-state index contributed by atoms with van der Waals surface area (Å²) in [6, 6.07) is 13.9. The highest BCUT2D eigenvalue weighted by Gasteiger charge is 2.12. The maximum atomic E-state index is 12.0. The predicted molar refractivity (Wildman–Crippen MR) is 133 cm³/mol. The van der Waals surface area contributed by atoms with Gasteiger partial charge in [-0.15, -0.1) is 0 Å². The summed E-state index contributed by atoms with van der Waals surface area (Å²) in [6.45, 7) is 4.74. The third-order valence-corrected chi connectivity index (χ3v) is 5.09. The lowest BCUT2D eigenvalue weighted by Crippen LogP contribution is -2.12. The van der Waals surface area contributed by atoms with Gasteiger partial charge in [0, 0.05) is 0 Å². The summed E-state index contributed by atoms with van der Waals surface area (Å²) < 4.78 is 20.6. The van der Waals surface area contributed by atoms with E-state index in [0.29, 0.717) is 24.7 Å². The van der Waals surface area contributed by atoms with E-state index in [4.69, 9.17) is 18.9 Å². The van der Waals surface area contributed by atoms with Crippen LogP contribution in [0.1, 0.15) is 65.2 Å². The average Bonchev–Trinajstić information content (AvgIpc) is 2.87. The number of rotatable bonds is 15. The molecule has 0 saturated carbocycles. The van der Waals surface area contributed by atoms with Crippen molar-refractivity contribution in [2.75, 3.05) is 13.2 Å². The normalized spacial score (nSPS) is 10.4. The molecule has 0 unspecified atom stereocenters. The van der Waals surface area contributed by atoms with E-state index in [1.165, 1.54) is 0 Å². The minimum absolute atomic E-state index is 0.0133. The summed E-state index contributed by atoms with van der Waals surface area (Å²) in [7, 11) is 0. The molecule has 36 heavy (non-hydrogen) atoms. The first-order valence-electron chi connectivity index (χ1n) is 12.3. The van der Waals surface area contributed by atoms with Gasteiger partial charge in [-0.05, 0) is 48.2 Å². The Morgan fingerprint density at radius 1 is 0.528 bits per heavy atom. The van der Waals surface area contributed by atoms with E-state index < -0.39 is 23.9 Å². The average molecular weight is 499 g/mol. The highest BCUT2D eigenvalue weighted by Crippen LogP contribution is 2.25. The Labute approximate surface area is 211 Å². The molecule has 194 valence electrons. The van der Waals surface area contributed by atoms with Gasteiger partial charge < -0.3 is 18.9 Å². The second-order valence-corrected chi connectivity index (χ2v) is 8.14. The molecule has 0 fully saturated rings.